The average molecular weight is 275 g/mol. The third-order valence-electron chi connectivity index (χ3n) is 3.50. The molecule has 0 aliphatic carbocycles. The maximum atomic E-state index is 5.99. The first-order valence-corrected chi connectivity index (χ1v) is 7.11. The Kier molecular flexibility index (Phi) is 4.44. The molecule has 0 amide bonds. The van der Waals surface area contributed by atoms with Crippen molar-refractivity contribution in [3.05, 3.63) is 21.3 Å². The molecule has 0 spiro atoms. The predicted molar refractivity (Wildman–Crippen MR) is 72.7 cm³/mol. The summed E-state index contributed by atoms with van der Waals surface area (Å²) >= 11 is 7.60. The molecule has 0 bridgehead atoms. The smallest absolute Gasteiger partial charge is 0.0931 e. The Morgan fingerprint density at radius 2 is 2.41 bits per heavy atom. The minimum absolute atomic E-state index is 0.238. The molecular weight excluding hydrogens is 256 g/mol. The van der Waals surface area contributed by atoms with E-state index in [1.807, 2.05) is 6.07 Å². The number of halogens is 1. The lowest BCUT2D eigenvalue weighted by Gasteiger charge is -2.33. The molecule has 0 radical (unpaired) electrons. The van der Waals surface area contributed by atoms with Gasteiger partial charge in [-0.25, -0.2) is 0 Å². The van der Waals surface area contributed by atoms with Gasteiger partial charge in [0.1, 0.15) is 0 Å². The van der Waals surface area contributed by atoms with Crippen LogP contribution in [-0.2, 0) is 4.74 Å². The highest BCUT2D eigenvalue weighted by atomic mass is 35.5. The van der Waals surface area contributed by atoms with Gasteiger partial charge in [-0.15, -0.1) is 11.3 Å². The monoisotopic (exact) mass is 274 g/mol. The van der Waals surface area contributed by atoms with E-state index in [9.17, 15) is 0 Å². The van der Waals surface area contributed by atoms with Gasteiger partial charge in [0.05, 0.1) is 16.5 Å². The molecule has 1 saturated heterocycles. The molecular formula is C12H19ClN2OS. The van der Waals surface area contributed by atoms with Crippen LogP contribution in [0.5, 0.6) is 0 Å². The van der Waals surface area contributed by atoms with Crippen LogP contribution in [0.1, 0.15) is 24.3 Å². The second-order valence-corrected chi connectivity index (χ2v) is 6.24. The number of thiophene rings is 1. The lowest BCUT2D eigenvalue weighted by atomic mass is 10.1. The summed E-state index contributed by atoms with van der Waals surface area (Å²) in [6.45, 7) is 3.58. The van der Waals surface area contributed by atoms with Gasteiger partial charge in [-0.3, -0.25) is 4.90 Å². The van der Waals surface area contributed by atoms with E-state index in [1.165, 1.54) is 4.88 Å². The molecule has 2 rings (SSSR count). The maximum absolute atomic E-state index is 5.99. The lowest BCUT2D eigenvalue weighted by Crippen LogP contribution is -2.41. The summed E-state index contributed by atoms with van der Waals surface area (Å²) < 4.78 is 6.44. The van der Waals surface area contributed by atoms with Crippen molar-refractivity contribution in [1.29, 1.82) is 0 Å². The van der Waals surface area contributed by atoms with Gasteiger partial charge < -0.3 is 10.5 Å². The first kappa shape index (κ1) is 13.3. The third kappa shape index (κ3) is 2.83. The lowest BCUT2D eigenvalue weighted by molar-refractivity contribution is 0.0692. The van der Waals surface area contributed by atoms with E-state index in [1.54, 1.807) is 11.3 Å². The van der Waals surface area contributed by atoms with E-state index in [0.29, 0.717) is 12.6 Å². The fraction of sp³-hybridized carbons (Fsp3) is 0.667. The van der Waals surface area contributed by atoms with Crippen molar-refractivity contribution in [2.24, 2.45) is 5.73 Å². The molecule has 96 valence electrons. The van der Waals surface area contributed by atoms with Crippen LogP contribution in [0.3, 0.4) is 0 Å². The summed E-state index contributed by atoms with van der Waals surface area (Å²) in [5, 5.41) is 0. The Bertz CT molecular complexity index is 371. The molecule has 1 aromatic heterocycles. The SMILES string of the molecule is CC1OCCC1N(C)C(CN)c1ccc(Cl)s1. The first-order valence-electron chi connectivity index (χ1n) is 5.92. The largest absolute Gasteiger partial charge is 0.377 e. The van der Waals surface area contributed by atoms with Gasteiger partial charge >= 0.3 is 0 Å². The van der Waals surface area contributed by atoms with Crippen LogP contribution in [0.4, 0.5) is 0 Å². The molecule has 5 heteroatoms. The molecule has 1 aliphatic rings. The minimum atomic E-state index is 0.238. The summed E-state index contributed by atoms with van der Waals surface area (Å²) in [7, 11) is 2.13. The van der Waals surface area contributed by atoms with Gasteiger partial charge in [0.25, 0.3) is 0 Å². The van der Waals surface area contributed by atoms with Crippen molar-refractivity contribution in [1.82, 2.24) is 4.90 Å². The van der Waals surface area contributed by atoms with Crippen LogP contribution in [0.2, 0.25) is 4.34 Å². The quantitative estimate of drug-likeness (QED) is 0.917. The second-order valence-electron chi connectivity index (χ2n) is 4.49. The van der Waals surface area contributed by atoms with Crippen LogP contribution < -0.4 is 5.73 Å². The second kappa shape index (κ2) is 5.67. The number of nitrogens with zero attached hydrogens (tertiary/aromatic N) is 1. The molecule has 2 N–H and O–H groups in total. The number of nitrogens with two attached hydrogens (primary N) is 1. The van der Waals surface area contributed by atoms with Crippen molar-refractivity contribution in [2.75, 3.05) is 20.2 Å². The summed E-state index contributed by atoms with van der Waals surface area (Å²) in [6, 6.07) is 4.69. The van der Waals surface area contributed by atoms with Gasteiger partial charge in [0.2, 0.25) is 0 Å². The first-order chi connectivity index (χ1) is 8.13. The summed E-state index contributed by atoms with van der Waals surface area (Å²) in [4.78, 5) is 3.57. The predicted octanol–water partition coefficient (Wildman–Crippen LogP) is 2.51. The number of hydrogen-bond acceptors (Lipinski definition) is 4. The van der Waals surface area contributed by atoms with Crippen molar-refractivity contribution in [2.45, 2.75) is 31.5 Å². The Morgan fingerprint density at radius 3 is 2.88 bits per heavy atom. The van der Waals surface area contributed by atoms with Crippen LogP contribution in [0.15, 0.2) is 12.1 Å². The van der Waals surface area contributed by atoms with Gasteiger partial charge in [0, 0.05) is 24.1 Å². The molecule has 3 nitrogen and oxygen atoms in total. The van der Waals surface area contributed by atoms with Gasteiger partial charge in [-0.05, 0) is 32.5 Å². The third-order valence-corrected chi connectivity index (χ3v) is 4.83. The number of hydrogen-bond donors (Lipinski definition) is 1. The molecule has 2 heterocycles. The molecule has 17 heavy (non-hydrogen) atoms. The summed E-state index contributed by atoms with van der Waals surface area (Å²) in [5.41, 5.74) is 5.91. The fourth-order valence-electron chi connectivity index (χ4n) is 2.48. The molecule has 0 saturated carbocycles. The normalized spacial score (nSPS) is 26.6. The molecule has 1 aliphatic heterocycles. The van der Waals surface area contributed by atoms with E-state index in [0.717, 1.165) is 17.4 Å². The standard InChI is InChI=1S/C12H19ClN2OS/c1-8-9(5-6-16-8)15(2)10(7-14)11-3-4-12(13)17-11/h3-4,8-10H,5-7,14H2,1-2H3. The molecule has 3 atom stereocenters. The van der Waals surface area contributed by atoms with Crippen molar-refractivity contribution >= 4 is 22.9 Å². The highest BCUT2D eigenvalue weighted by Gasteiger charge is 2.32. The van der Waals surface area contributed by atoms with Crippen LogP contribution in [0.25, 0.3) is 0 Å². The Labute approximate surface area is 112 Å². The highest BCUT2D eigenvalue weighted by Crippen LogP contribution is 2.32. The molecule has 0 aromatic carbocycles. The van der Waals surface area contributed by atoms with E-state index in [4.69, 9.17) is 22.1 Å². The van der Waals surface area contributed by atoms with Gasteiger partial charge in [-0.2, -0.15) is 0 Å². The Morgan fingerprint density at radius 1 is 1.65 bits per heavy atom. The Balaban J connectivity index is 2.12. The zero-order valence-corrected chi connectivity index (χ0v) is 11.8. The minimum Gasteiger partial charge on any atom is -0.377 e. The average Bonchev–Trinajstić information content (AvgIpc) is 2.88. The fourth-order valence-corrected chi connectivity index (χ4v) is 3.70. The van der Waals surface area contributed by atoms with E-state index in [2.05, 4.69) is 24.9 Å². The van der Waals surface area contributed by atoms with E-state index < -0.39 is 0 Å². The van der Waals surface area contributed by atoms with Crippen LogP contribution in [0, 0.1) is 0 Å². The topological polar surface area (TPSA) is 38.5 Å². The summed E-state index contributed by atoms with van der Waals surface area (Å²) in [5.74, 6) is 0. The van der Waals surface area contributed by atoms with E-state index >= 15 is 0 Å². The van der Waals surface area contributed by atoms with Crippen molar-refractivity contribution in [3.63, 3.8) is 0 Å². The number of likely N-dealkylation sites (N-methyl/N-ethyl adjacent to an activating group) is 1. The van der Waals surface area contributed by atoms with Crippen molar-refractivity contribution < 1.29 is 4.74 Å². The molecule has 1 aromatic rings. The zero-order valence-electron chi connectivity index (χ0n) is 10.2. The highest BCUT2D eigenvalue weighted by molar-refractivity contribution is 7.16. The zero-order chi connectivity index (χ0) is 12.4. The van der Waals surface area contributed by atoms with Gasteiger partial charge in [0.15, 0.2) is 0 Å². The number of rotatable bonds is 4. The van der Waals surface area contributed by atoms with E-state index in [-0.39, 0.29) is 12.1 Å². The molecule has 3 unspecified atom stereocenters. The van der Waals surface area contributed by atoms with Crippen LogP contribution in [-0.4, -0.2) is 37.2 Å². The summed E-state index contributed by atoms with van der Waals surface area (Å²) in [6.07, 6.45) is 1.36. The maximum Gasteiger partial charge on any atom is 0.0931 e. The number of ether oxygens (including phenoxy) is 1. The molecule has 1 fully saturated rings. The Hall–Kier alpha value is -0.130. The van der Waals surface area contributed by atoms with Crippen LogP contribution >= 0.6 is 22.9 Å². The van der Waals surface area contributed by atoms with Gasteiger partial charge in [-0.1, -0.05) is 11.6 Å². The van der Waals surface area contributed by atoms with Crippen molar-refractivity contribution in [3.8, 4) is 0 Å².